The molecular weight excluding hydrogens is 399 g/mol. The van der Waals surface area contributed by atoms with Crippen LogP contribution in [0.3, 0.4) is 0 Å². The first-order valence-corrected chi connectivity index (χ1v) is 13.0. The number of ether oxygens (including phenoxy) is 1. The van der Waals surface area contributed by atoms with Gasteiger partial charge in [0.25, 0.3) is 0 Å². The minimum atomic E-state index is -1.13. The Morgan fingerprint density at radius 2 is 1.61 bits per heavy atom. The Balaban J connectivity index is 0.000000468. The van der Waals surface area contributed by atoms with Crippen molar-refractivity contribution in [1.29, 1.82) is 0 Å². The van der Waals surface area contributed by atoms with Gasteiger partial charge in [-0.1, -0.05) is 6.42 Å². The molecule has 0 spiro atoms. The van der Waals surface area contributed by atoms with Gasteiger partial charge in [-0.25, -0.2) is 9.59 Å². The van der Waals surface area contributed by atoms with Crippen molar-refractivity contribution >= 4 is 33.1 Å². The van der Waals surface area contributed by atoms with Crippen molar-refractivity contribution in [3.8, 4) is 0 Å². The summed E-state index contributed by atoms with van der Waals surface area (Å²) in [6.45, 7) is 4.58. The molecule has 0 unspecified atom stereocenters. The molecule has 0 aromatic carbocycles. The molecule has 1 N–H and O–H groups in total. The van der Waals surface area contributed by atoms with Crippen LogP contribution < -0.4 is 0 Å². The molecule has 0 amide bonds. The van der Waals surface area contributed by atoms with E-state index in [-0.39, 0.29) is 27.2 Å². The van der Waals surface area contributed by atoms with Gasteiger partial charge in [0.05, 0.1) is 0 Å². The van der Waals surface area contributed by atoms with E-state index < -0.39 is 11.9 Å². The van der Waals surface area contributed by atoms with Gasteiger partial charge in [-0.2, -0.15) is 0 Å². The molecule has 0 saturated heterocycles. The van der Waals surface area contributed by atoms with Crippen LogP contribution in [-0.4, -0.2) is 44.3 Å². The molecule has 0 aromatic rings. The number of hydrogen-bond donors (Lipinski definition) is 1. The fourth-order valence-corrected chi connectivity index (χ4v) is 6.41. The summed E-state index contributed by atoms with van der Waals surface area (Å²) in [4.78, 5) is 21.1. The van der Waals surface area contributed by atoms with Crippen LogP contribution in [0.25, 0.3) is 0 Å². The summed E-state index contributed by atoms with van der Waals surface area (Å²) in [7, 11) is 0. The fourth-order valence-electron chi connectivity index (χ4n) is 2.25. The van der Waals surface area contributed by atoms with Gasteiger partial charge in [-0.3, -0.25) is 0 Å². The Morgan fingerprint density at radius 3 is 2.09 bits per heavy atom. The largest absolute Gasteiger partial charge is 0.478 e. The molecule has 23 heavy (non-hydrogen) atoms. The second-order valence-corrected chi connectivity index (χ2v) is 10.1. The quantitative estimate of drug-likeness (QED) is 0.250. The summed E-state index contributed by atoms with van der Waals surface area (Å²) in [6.07, 6.45) is 12.7. The molecule has 1 saturated carbocycles. The van der Waals surface area contributed by atoms with Crippen LogP contribution in [0.1, 0.15) is 71.6 Å². The van der Waals surface area contributed by atoms with E-state index in [9.17, 15) is 9.59 Å². The van der Waals surface area contributed by atoms with Crippen molar-refractivity contribution in [1.82, 2.24) is 0 Å². The van der Waals surface area contributed by atoms with Crippen molar-refractivity contribution in [2.75, 3.05) is 0 Å². The molecule has 1 rings (SSSR count). The molecule has 1 aliphatic carbocycles. The summed E-state index contributed by atoms with van der Waals surface area (Å²) in [5, 5.41) is 8.27. The third-order valence-corrected chi connectivity index (χ3v) is 7.65. The monoisotopic (exact) mass is 432 g/mol. The first kappa shape index (κ1) is 22.5. The number of aliphatic carboxylic acids is 1. The molecule has 132 valence electrons. The molecule has 1 aliphatic rings. The fraction of sp³-hybridized carbons (Fsp3) is 0.778. The average Bonchev–Trinajstić information content (AvgIpc) is 2.54. The summed E-state index contributed by atoms with van der Waals surface area (Å²) in [5.41, 5.74) is 0. The number of rotatable bonds is 9. The summed E-state index contributed by atoms with van der Waals surface area (Å²) in [5.74, 6) is -1.69. The first-order valence-electron chi connectivity index (χ1n) is 8.92. The zero-order valence-corrected chi connectivity index (χ0v) is 17.5. The van der Waals surface area contributed by atoms with E-state index in [1.165, 1.54) is 32.1 Å². The van der Waals surface area contributed by atoms with E-state index in [0.29, 0.717) is 0 Å². The van der Waals surface area contributed by atoms with Gasteiger partial charge in [-0.05, 0) is 25.7 Å². The number of carbonyl (C=O) groups is 2. The Morgan fingerprint density at radius 1 is 1.04 bits per heavy atom. The van der Waals surface area contributed by atoms with E-state index in [4.69, 9.17) is 9.84 Å². The Bertz CT molecular complexity index is 330. The van der Waals surface area contributed by atoms with Crippen LogP contribution in [0.5, 0.6) is 0 Å². The van der Waals surface area contributed by atoms with E-state index >= 15 is 0 Å². The van der Waals surface area contributed by atoms with Gasteiger partial charge < -0.3 is 9.84 Å². The van der Waals surface area contributed by atoms with Gasteiger partial charge >= 0.3 is 81.5 Å². The second-order valence-electron chi connectivity index (χ2n) is 5.83. The van der Waals surface area contributed by atoms with Crippen molar-refractivity contribution in [2.45, 2.75) is 86.6 Å². The normalized spacial score (nSPS) is 15.0. The summed E-state index contributed by atoms with van der Waals surface area (Å²) >= 11 is 0.149. The van der Waals surface area contributed by atoms with E-state index in [1.807, 2.05) is 0 Å². The van der Waals surface area contributed by atoms with Gasteiger partial charge in [-0.15, -0.1) is 0 Å². The van der Waals surface area contributed by atoms with Crippen LogP contribution in [0.4, 0.5) is 0 Å². The Hall–Kier alpha value is -0.521. The molecule has 0 heterocycles. The molecule has 5 heteroatoms. The zero-order chi connectivity index (χ0) is 17.3. The predicted molar refractivity (Wildman–Crippen MR) is 94.9 cm³/mol. The van der Waals surface area contributed by atoms with Crippen LogP contribution in [-0.2, 0) is 14.3 Å². The van der Waals surface area contributed by atoms with Crippen LogP contribution >= 0.6 is 0 Å². The number of carboxylic acid groups (broad SMARTS) is 1. The minimum absolute atomic E-state index is 0.0188. The summed E-state index contributed by atoms with van der Waals surface area (Å²) in [6, 6.07) is 0. The predicted octanol–water partition coefficient (Wildman–Crippen LogP) is 4.63. The van der Waals surface area contributed by atoms with E-state index in [2.05, 4.69) is 13.8 Å². The third-order valence-electron chi connectivity index (χ3n) is 3.61. The standard InChI is InChI=1S/C10H14O4.2C4H9.Sn/c11-9(12)6-7-10(13)14-8-4-2-1-3-5-8;2*1-3-4-2;/h6-8H,1-5H2,(H,11,12);2*1,3-4H2,2H3;. The maximum Gasteiger partial charge on any atom is 0.331 e. The molecule has 0 aromatic heterocycles. The second kappa shape index (κ2) is 16.3. The van der Waals surface area contributed by atoms with Crippen molar-refractivity contribution in [3.05, 3.63) is 12.2 Å². The van der Waals surface area contributed by atoms with E-state index in [1.54, 1.807) is 8.87 Å². The Kier molecular flexibility index (Phi) is 16.0. The van der Waals surface area contributed by atoms with Crippen molar-refractivity contribution in [3.63, 3.8) is 0 Å². The SMILES string of the molecule is CCC[CH2][Sn][CH2]CCC.O=C(O)C=CC(=O)OC1CCCCC1. The van der Waals surface area contributed by atoms with Gasteiger partial charge in [0.2, 0.25) is 0 Å². The Labute approximate surface area is 151 Å². The number of esters is 1. The van der Waals surface area contributed by atoms with Gasteiger partial charge in [0, 0.05) is 12.2 Å². The van der Waals surface area contributed by atoms with Gasteiger partial charge in [0.1, 0.15) is 6.10 Å². The summed E-state index contributed by atoms with van der Waals surface area (Å²) < 4.78 is 8.30. The van der Waals surface area contributed by atoms with Crippen LogP contribution in [0.15, 0.2) is 12.2 Å². The molecule has 0 atom stereocenters. The van der Waals surface area contributed by atoms with Crippen molar-refractivity contribution in [2.24, 2.45) is 0 Å². The first-order chi connectivity index (χ1) is 11.1. The molecule has 1 fully saturated rings. The van der Waals surface area contributed by atoms with Crippen LogP contribution in [0.2, 0.25) is 8.87 Å². The maximum atomic E-state index is 11.0. The van der Waals surface area contributed by atoms with Crippen molar-refractivity contribution < 1.29 is 19.4 Å². The number of unbranched alkanes of at least 4 members (excludes halogenated alkanes) is 2. The molecule has 0 bridgehead atoms. The number of carbonyl (C=O) groups excluding carboxylic acids is 1. The molecular formula is C18H32O4Sn. The minimum Gasteiger partial charge on any atom is -0.478 e. The van der Waals surface area contributed by atoms with Crippen LogP contribution in [0, 0.1) is 0 Å². The van der Waals surface area contributed by atoms with E-state index in [0.717, 1.165) is 37.8 Å². The maximum absolute atomic E-state index is 11.0. The molecule has 0 aliphatic heterocycles. The number of carboxylic acids is 1. The third kappa shape index (κ3) is 16.1. The van der Waals surface area contributed by atoms with Gasteiger partial charge in [0.15, 0.2) is 0 Å². The topological polar surface area (TPSA) is 63.6 Å². The number of hydrogen-bond acceptors (Lipinski definition) is 3. The zero-order valence-electron chi connectivity index (χ0n) is 14.7. The molecule has 4 nitrogen and oxygen atoms in total. The average molecular weight is 431 g/mol. The smallest absolute Gasteiger partial charge is 0.331 e. The molecule has 2 radical (unpaired) electrons.